The Balaban J connectivity index is 2.37. The lowest BCUT2D eigenvalue weighted by atomic mass is 9.97. The van der Waals surface area contributed by atoms with Crippen molar-refractivity contribution in [1.29, 1.82) is 0 Å². The maximum absolute atomic E-state index is 11.8. The Morgan fingerprint density at radius 2 is 2.16 bits per heavy atom. The lowest BCUT2D eigenvalue weighted by Crippen LogP contribution is -2.55. The van der Waals surface area contributed by atoms with Gasteiger partial charge in [-0.25, -0.2) is 9.59 Å². The second-order valence-electron chi connectivity index (χ2n) is 4.79. The van der Waals surface area contributed by atoms with Gasteiger partial charge in [0, 0.05) is 29.1 Å². The van der Waals surface area contributed by atoms with Gasteiger partial charge < -0.3 is 15.7 Å². The normalized spacial score (nSPS) is 22.3. The third kappa shape index (κ3) is 5.52. The van der Waals surface area contributed by atoms with Gasteiger partial charge in [0.1, 0.15) is 5.54 Å². The minimum Gasteiger partial charge on any atom is -0.480 e. The van der Waals surface area contributed by atoms with Gasteiger partial charge in [-0.05, 0) is 13.3 Å². The van der Waals surface area contributed by atoms with Crippen molar-refractivity contribution in [3.05, 3.63) is 0 Å². The van der Waals surface area contributed by atoms with Gasteiger partial charge in [-0.15, -0.1) is 0 Å². The van der Waals surface area contributed by atoms with E-state index in [4.69, 9.17) is 0 Å². The smallest absolute Gasteiger partial charge is 0.329 e. The summed E-state index contributed by atoms with van der Waals surface area (Å²) in [4.78, 5) is 23.0. The topological polar surface area (TPSA) is 78.4 Å². The summed E-state index contributed by atoms with van der Waals surface area (Å²) in [6.45, 7) is 4.03. The summed E-state index contributed by atoms with van der Waals surface area (Å²) >= 11 is 3.75. The Hall–Kier alpha value is -0.560. The zero-order chi connectivity index (χ0) is 14.3. The van der Waals surface area contributed by atoms with Crippen molar-refractivity contribution >= 4 is 35.5 Å². The van der Waals surface area contributed by atoms with Crippen LogP contribution in [-0.2, 0) is 4.79 Å². The molecule has 0 radical (unpaired) electrons. The third-order valence-electron chi connectivity index (χ3n) is 2.99. The lowest BCUT2D eigenvalue weighted by molar-refractivity contribution is -0.144. The van der Waals surface area contributed by atoms with Crippen molar-refractivity contribution in [2.24, 2.45) is 0 Å². The van der Waals surface area contributed by atoms with E-state index in [9.17, 15) is 14.7 Å². The highest BCUT2D eigenvalue weighted by Crippen LogP contribution is 2.23. The number of rotatable bonds is 6. The minimum absolute atomic E-state index is 0.394. The van der Waals surface area contributed by atoms with Crippen LogP contribution in [0.4, 0.5) is 4.79 Å². The van der Waals surface area contributed by atoms with Crippen molar-refractivity contribution in [2.45, 2.75) is 37.5 Å². The molecule has 0 spiro atoms. The number of carbonyl (C=O) groups excluding carboxylic acids is 1. The molecule has 1 aliphatic rings. The van der Waals surface area contributed by atoms with E-state index < -0.39 is 17.5 Å². The number of carboxylic acids is 1. The van der Waals surface area contributed by atoms with Gasteiger partial charge >= 0.3 is 12.0 Å². The molecule has 5 nitrogen and oxygen atoms in total. The Morgan fingerprint density at radius 1 is 1.42 bits per heavy atom. The highest BCUT2D eigenvalue weighted by molar-refractivity contribution is 8.06. The Morgan fingerprint density at radius 3 is 2.68 bits per heavy atom. The van der Waals surface area contributed by atoms with Crippen LogP contribution in [0, 0.1) is 0 Å². The van der Waals surface area contributed by atoms with E-state index in [1.165, 1.54) is 5.75 Å². The quantitative estimate of drug-likeness (QED) is 0.697. The molecule has 19 heavy (non-hydrogen) atoms. The average molecular weight is 306 g/mol. The molecular formula is C12H22N2O3S2. The number of urea groups is 1. The van der Waals surface area contributed by atoms with Crippen molar-refractivity contribution in [3.63, 3.8) is 0 Å². The maximum atomic E-state index is 11.8. The summed E-state index contributed by atoms with van der Waals surface area (Å²) in [7, 11) is 0. The van der Waals surface area contributed by atoms with Gasteiger partial charge in [-0.1, -0.05) is 13.3 Å². The van der Waals surface area contributed by atoms with Gasteiger partial charge in [0.15, 0.2) is 0 Å². The molecule has 2 amide bonds. The molecule has 0 aromatic rings. The van der Waals surface area contributed by atoms with Gasteiger partial charge in [0.2, 0.25) is 0 Å². The molecule has 1 saturated heterocycles. The number of hydrogen-bond acceptors (Lipinski definition) is 4. The summed E-state index contributed by atoms with van der Waals surface area (Å²) in [6.07, 6.45) is 1.13. The summed E-state index contributed by atoms with van der Waals surface area (Å²) in [5.74, 6) is 2.32. The molecule has 110 valence electrons. The SMILES string of the molecule is CCCC(C)(NC(=O)NCC1CSCCS1)C(=O)O. The predicted molar refractivity (Wildman–Crippen MR) is 81.1 cm³/mol. The third-order valence-corrected chi connectivity index (χ3v) is 5.83. The van der Waals surface area contributed by atoms with Crippen molar-refractivity contribution in [3.8, 4) is 0 Å². The van der Waals surface area contributed by atoms with Crippen LogP contribution in [-0.4, -0.2) is 51.7 Å². The largest absolute Gasteiger partial charge is 0.480 e. The van der Waals surface area contributed by atoms with E-state index in [0.29, 0.717) is 24.6 Å². The summed E-state index contributed by atoms with van der Waals surface area (Å²) in [5, 5.41) is 14.9. The van der Waals surface area contributed by atoms with E-state index in [2.05, 4.69) is 10.6 Å². The van der Waals surface area contributed by atoms with E-state index in [-0.39, 0.29) is 0 Å². The van der Waals surface area contributed by atoms with Crippen LogP contribution < -0.4 is 10.6 Å². The van der Waals surface area contributed by atoms with E-state index >= 15 is 0 Å². The number of hydrogen-bond donors (Lipinski definition) is 3. The van der Waals surface area contributed by atoms with E-state index in [0.717, 1.165) is 11.5 Å². The molecule has 1 fully saturated rings. The molecular weight excluding hydrogens is 284 g/mol. The van der Waals surface area contributed by atoms with Gasteiger partial charge in [-0.2, -0.15) is 23.5 Å². The first-order chi connectivity index (χ1) is 8.98. The van der Waals surface area contributed by atoms with E-state index in [1.54, 1.807) is 6.92 Å². The fourth-order valence-corrected chi connectivity index (χ4v) is 4.49. The summed E-state index contributed by atoms with van der Waals surface area (Å²) in [5.41, 5.74) is -1.19. The van der Waals surface area contributed by atoms with Crippen LogP contribution in [0.25, 0.3) is 0 Å². The first kappa shape index (κ1) is 16.5. The Bertz CT molecular complexity index is 322. The molecule has 2 atom stereocenters. The molecule has 0 aromatic heterocycles. The highest BCUT2D eigenvalue weighted by atomic mass is 32.2. The van der Waals surface area contributed by atoms with Crippen LogP contribution in [0.15, 0.2) is 0 Å². The van der Waals surface area contributed by atoms with Gasteiger partial charge in [0.05, 0.1) is 0 Å². The fourth-order valence-electron chi connectivity index (χ4n) is 1.88. The van der Waals surface area contributed by atoms with Crippen LogP contribution in [0.5, 0.6) is 0 Å². The number of carbonyl (C=O) groups is 2. The highest BCUT2D eigenvalue weighted by Gasteiger charge is 2.33. The second kappa shape index (κ2) is 7.89. The number of nitrogens with one attached hydrogen (secondary N) is 2. The van der Waals surface area contributed by atoms with Crippen molar-refractivity contribution in [1.82, 2.24) is 10.6 Å². The first-order valence-electron chi connectivity index (χ1n) is 6.46. The lowest BCUT2D eigenvalue weighted by Gasteiger charge is -2.27. The van der Waals surface area contributed by atoms with Crippen molar-refractivity contribution < 1.29 is 14.7 Å². The molecule has 0 aliphatic carbocycles. The summed E-state index contributed by atoms with van der Waals surface area (Å²) < 4.78 is 0. The number of amides is 2. The number of carboxylic acid groups (broad SMARTS) is 1. The van der Waals surface area contributed by atoms with Gasteiger partial charge in [0.25, 0.3) is 0 Å². The van der Waals surface area contributed by atoms with Crippen LogP contribution >= 0.6 is 23.5 Å². The molecule has 0 aromatic carbocycles. The fraction of sp³-hybridized carbons (Fsp3) is 0.833. The molecule has 1 heterocycles. The standard InChI is InChI=1S/C12H22N2O3S2/c1-3-4-12(2,10(15)16)14-11(17)13-7-9-8-18-5-6-19-9/h9H,3-8H2,1-2H3,(H,15,16)(H2,13,14,17). The molecule has 0 bridgehead atoms. The van der Waals surface area contributed by atoms with Crippen LogP contribution in [0.3, 0.4) is 0 Å². The minimum atomic E-state index is -1.19. The molecule has 0 saturated carbocycles. The zero-order valence-corrected chi connectivity index (χ0v) is 13.0. The Kier molecular flexibility index (Phi) is 6.85. The Labute approximate surface area is 122 Å². The van der Waals surface area contributed by atoms with E-state index in [1.807, 2.05) is 30.4 Å². The molecule has 2 unspecified atom stereocenters. The maximum Gasteiger partial charge on any atom is 0.329 e. The first-order valence-corrected chi connectivity index (χ1v) is 8.67. The van der Waals surface area contributed by atoms with Crippen molar-refractivity contribution in [2.75, 3.05) is 23.8 Å². The molecule has 7 heteroatoms. The number of aliphatic carboxylic acids is 1. The predicted octanol–water partition coefficient (Wildman–Crippen LogP) is 1.78. The molecule has 1 rings (SSSR count). The molecule has 1 aliphatic heterocycles. The number of thioether (sulfide) groups is 2. The van der Waals surface area contributed by atoms with Gasteiger partial charge in [-0.3, -0.25) is 0 Å². The van der Waals surface area contributed by atoms with Crippen LogP contribution in [0.1, 0.15) is 26.7 Å². The molecule has 3 N–H and O–H groups in total. The monoisotopic (exact) mass is 306 g/mol. The average Bonchev–Trinajstić information content (AvgIpc) is 2.37. The second-order valence-corrected chi connectivity index (χ2v) is 7.35. The zero-order valence-electron chi connectivity index (χ0n) is 11.4. The summed E-state index contributed by atoms with van der Waals surface area (Å²) in [6, 6.07) is -0.394. The van der Waals surface area contributed by atoms with Crippen LogP contribution in [0.2, 0.25) is 0 Å².